The zero-order chi connectivity index (χ0) is 19.8. The van der Waals surface area contributed by atoms with Crippen LogP contribution in [-0.4, -0.2) is 60.5 Å². The number of ether oxygens (including phenoxy) is 1. The molecule has 0 aromatic heterocycles. The molecule has 3 unspecified atom stereocenters. The first-order valence-electron chi connectivity index (χ1n) is 11.1. The minimum absolute atomic E-state index is 0.0561. The van der Waals surface area contributed by atoms with Crippen molar-refractivity contribution >= 4 is 5.91 Å². The van der Waals surface area contributed by atoms with Crippen molar-refractivity contribution in [3.05, 3.63) is 35.9 Å². The molecule has 5 aliphatic rings. The number of carbonyl (C=O) groups is 1. The van der Waals surface area contributed by atoms with Crippen molar-refractivity contribution in [1.82, 2.24) is 10.4 Å². The van der Waals surface area contributed by atoms with Gasteiger partial charge >= 0.3 is 0 Å². The Balaban J connectivity index is 1.31. The van der Waals surface area contributed by atoms with E-state index in [-0.39, 0.29) is 12.0 Å². The lowest BCUT2D eigenvalue weighted by Crippen LogP contribution is -2.59. The van der Waals surface area contributed by atoms with E-state index in [1.54, 1.807) is 12.1 Å². The molecule has 4 saturated carbocycles. The maximum absolute atomic E-state index is 12.6. The molecule has 2 N–H and O–H groups in total. The number of aliphatic hydroxyl groups is 1. The van der Waals surface area contributed by atoms with Gasteiger partial charge in [0.2, 0.25) is 0 Å². The molecule has 1 aliphatic heterocycles. The summed E-state index contributed by atoms with van der Waals surface area (Å²) in [5.41, 5.74) is 2.90. The highest BCUT2D eigenvalue weighted by molar-refractivity contribution is 5.93. The maximum atomic E-state index is 12.6. The average molecular weight is 401 g/mol. The Morgan fingerprint density at radius 1 is 1.17 bits per heavy atom. The van der Waals surface area contributed by atoms with E-state index < -0.39 is 5.60 Å². The van der Waals surface area contributed by atoms with Gasteiger partial charge in [0.1, 0.15) is 6.10 Å². The number of nitrogens with zero attached hydrogens (tertiary/aromatic N) is 1. The highest BCUT2D eigenvalue weighted by Gasteiger charge is 2.56. The van der Waals surface area contributed by atoms with Gasteiger partial charge in [-0.05, 0) is 67.9 Å². The molecule has 1 aromatic carbocycles. The number of hydrogen-bond donors (Lipinski definition) is 2. The third kappa shape index (κ3) is 4.08. The largest absolute Gasteiger partial charge is 0.390 e. The van der Waals surface area contributed by atoms with Crippen LogP contribution in [0.1, 0.15) is 42.5 Å². The summed E-state index contributed by atoms with van der Waals surface area (Å²) >= 11 is 0. The summed E-state index contributed by atoms with van der Waals surface area (Å²) in [4.78, 5) is 21.1. The Hall–Kier alpha value is -1.47. The second kappa shape index (κ2) is 7.99. The Morgan fingerprint density at radius 2 is 1.86 bits per heavy atom. The first-order chi connectivity index (χ1) is 14.1. The van der Waals surface area contributed by atoms with E-state index in [4.69, 9.17) is 9.57 Å². The standard InChI is InChI=1S/C23H32N2O4/c26-22(17-4-2-1-3-5-17)24-29-20(15-25-6-8-28-9-7-25)21-18-10-16-11-19(21)14-23(27,12-16)13-18/h1-5,16,18-21,27H,6-15H2,(H,24,26). The van der Waals surface area contributed by atoms with Gasteiger partial charge in [0.25, 0.3) is 5.91 Å². The third-order valence-corrected chi connectivity index (χ3v) is 7.62. The van der Waals surface area contributed by atoms with Crippen LogP contribution in [0, 0.1) is 23.7 Å². The molecular formula is C23H32N2O4. The lowest BCUT2D eigenvalue weighted by Gasteiger charge is -2.59. The second-order valence-corrected chi connectivity index (χ2v) is 9.64. The van der Waals surface area contributed by atoms with Gasteiger partial charge in [-0.15, -0.1) is 0 Å². The quantitative estimate of drug-likeness (QED) is 0.717. The van der Waals surface area contributed by atoms with Crippen molar-refractivity contribution in [2.24, 2.45) is 23.7 Å². The lowest BCUT2D eigenvalue weighted by molar-refractivity contribution is -0.191. The normalized spacial score (nSPS) is 37.4. The summed E-state index contributed by atoms with van der Waals surface area (Å²) in [6, 6.07) is 9.22. The Morgan fingerprint density at radius 3 is 2.52 bits per heavy atom. The van der Waals surface area contributed by atoms with Gasteiger partial charge in [0, 0.05) is 25.2 Å². The number of benzene rings is 1. The van der Waals surface area contributed by atoms with E-state index in [2.05, 4.69) is 10.4 Å². The Kier molecular flexibility index (Phi) is 5.37. The van der Waals surface area contributed by atoms with Crippen molar-refractivity contribution in [1.29, 1.82) is 0 Å². The van der Waals surface area contributed by atoms with Crippen LogP contribution in [0.25, 0.3) is 0 Å². The molecule has 5 fully saturated rings. The third-order valence-electron chi connectivity index (χ3n) is 7.62. The summed E-state index contributed by atoms with van der Waals surface area (Å²) in [5, 5.41) is 11.0. The van der Waals surface area contributed by atoms with Gasteiger partial charge in [-0.3, -0.25) is 14.5 Å². The topological polar surface area (TPSA) is 71.0 Å². The molecule has 3 atom stereocenters. The summed E-state index contributed by atoms with van der Waals surface area (Å²) in [6.45, 7) is 4.12. The van der Waals surface area contributed by atoms with Crippen molar-refractivity contribution < 1.29 is 19.5 Å². The molecule has 0 radical (unpaired) electrons. The second-order valence-electron chi connectivity index (χ2n) is 9.64. The Labute approximate surface area is 172 Å². The van der Waals surface area contributed by atoms with E-state index in [0.29, 0.717) is 29.2 Å². The molecule has 6 heteroatoms. The minimum atomic E-state index is -0.455. The first kappa shape index (κ1) is 19.5. The van der Waals surface area contributed by atoms with Crippen LogP contribution in [0.15, 0.2) is 30.3 Å². The molecule has 29 heavy (non-hydrogen) atoms. The van der Waals surface area contributed by atoms with Crippen molar-refractivity contribution in [2.45, 2.75) is 43.8 Å². The number of hydrogen-bond acceptors (Lipinski definition) is 5. The van der Waals surface area contributed by atoms with Crippen molar-refractivity contribution in [3.63, 3.8) is 0 Å². The van der Waals surface area contributed by atoms with Gasteiger partial charge in [0.05, 0.1) is 18.8 Å². The van der Waals surface area contributed by atoms with E-state index in [1.807, 2.05) is 18.2 Å². The molecule has 4 bridgehead atoms. The Bertz CT molecular complexity index is 705. The predicted octanol–water partition coefficient (Wildman–Crippen LogP) is 2.24. The lowest BCUT2D eigenvalue weighted by atomic mass is 9.49. The van der Waals surface area contributed by atoms with Gasteiger partial charge in [-0.2, -0.15) is 0 Å². The molecule has 0 spiro atoms. The molecule has 158 valence electrons. The molecule has 4 aliphatic carbocycles. The number of carbonyl (C=O) groups excluding carboxylic acids is 1. The number of nitrogens with one attached hydrogen (secondary N) is 1. The molecule has 6 nitrogen and oxygen atoms in total. The molecular weight excluding hydrogens is 368 g/mol. The predicted molar refractivity (Wildman–Crippen MR) is 108 cm³/mol. The fraction of sp³-hybridized carbons (Fsp3) is 0.696. The van der Waals surface area contributed by atoms with Crippen LogP contribution >= 0.6 is 0 Å². The van der Waals surface area contributed by atoms with Crippen LogP contribution < -0.4 is 5.48 Å². The van der Waals surface area contributed by atoms with Gasteiger partial charge < -0.3 is 9.84 Å². The molecule has 1 heterocycles. The van der Waals surface area contributed by atoms with E-state index in [1.165, 1.54) is 12.8 Å². The van der Waals surface area contributed by atoms with E-state index in [9.17, 15) is 9.90 Å². The number of morpholine rings is 1. The summed E-state index contributed by atoms with van der Waals surface area (Å²) in [7, 11) is 0. The average Bonchev–Trinajstić information content (AvgIpc) is 2.71. The molecule has 6 rings (SSSR count). The van der Waals surface area contributed by atoms with E-state index in [0.717, 1.165) is 52.1 Å². The highest BCUT2D eigenvalue weighted by Crippen LogP contribution is 2.59. The van der Waals surface area contributed by atoms with Crippen LogP contribution in [0.4, 0.5) is 0 Å². The molecule has 1 aromatic rings. The van der Waals surface area contributed by atoms with Crippen molar-refractivity contribution in [2.75, 3.05) is 32.8 Å². The zero-order valence-corrected chi connectivity index (χ0v) is 17.0. The van der Waals surface area contributed by atoms with Crippen LogP contribution in [0.5, 0.6) is 0 Å². The maximum Gasteiger partial charge on any atom is 0.274 e. The van der Waals surface area contributed by atoms with Gasteiger partial charge in [0.15, 0.2) is 0 Å². The SMILES string of the molecule is O=C(NOC(CN1CCOCC1)C1C2CC3CC1CC(O)(C3)C2)c1ccccc1. The van der Waals surface area contributed by atoms with Gasteiger partial charge in [-0.25, -0.2) is 5.48 Å². The zero-order valence-electron chi connectivity index (χ0n) is 17.0. The van der Waals surface area contributed by atoms with Gasteiger partial charge in [-0.1, -0.05) is 18.2 Å². The summed E-state index contributed by atoms with van der Waals surface area (Å²) in [5.74, 6) is 1.85. The summed E-state index contributed by atoms with van der Waals surface area (Å²) in [6.07, 6.45) is 5.09. The van der Waals surface area contributed by atoms with E-state index >= 15 is 0 Å². The van der Waals surface area contributed by atoms with Crippen LogP contribution in [0.2, 0.25) is 0 Å². The van der Waals surface area contributed by atoms with Crippen LogP contribution in [-0.2, 0) is 9.57 Å². The highest BCUT2D eigenvalue weighted by atomic mass is 16.7. The van der Waals surface area contributed by atoms with Crippen molar-refractivity contribution in [3.8, 4) is 0 Å². The molecule has 1 amide bonds. The number of hydroxylamine groups is 1. The molecule has 1 saturated heterocycles. The number of amides is 1. The van der Waals surface area contributed by atoms with Crippen LogP contribution in [0.3, 0.4) is 0 Å². The smallest absolute Gasteiger partial charge is 0.274 e. The number of rotatable bonds is 6. The minimum Gasteiger partial charge on any atom is -0.390 e. The monoisotopic (exact) mass is 400 g/mol. The first-order valence-corrected chi connectivity index (χ1v) is 11.1. The fourth-order valence-corrected chi connectivity index (χ4v) is 6.68. The fourth-order valence-electron chi connectivity index (χ4n) is 6.68. The summed E-state index contributed by atoms with van der Waals surface area (Å²) < 4.78 is 5.51.